The number of hydrogen-bond acceptors (Lipinski definition) is 3. The number of likely N-dealkylation sites (N-methyl/N-ethyl adjacent to an activating group) is 1. The molecule has 108 valence electrons. The molecule has 0 aliphatic carbocycles. The highest BCUT2D eigenvalue weighted by atomic mass is 35.5. The molecule has 1 aliphatic heterocycles. The van der Waals surface area contributed by atoms with Crippen molar-refractivity contribution >= 4 is 11.6 Å². The monoisotopic (exact) mass is 285 g/mol. The normalized spacial score (nSPS) is 20.9. The van der Waals surface area contributed by atoms with E-state index >= 15 is 0 Å². The average molecular weight is 286 g/mol. The molecule has 19 heavy (non-hydrogen) atoms. The molecule has 1 fully saturated rings. The minimum atomic E-state index is 0.436. The van der Waals surface area contributed by atoms with Crippen LogP contribution >= 0.6 is 11.6 Å². The highest BCUT2D eigenvalue weighted by Crippen LogP contribution is 2.25. The molecule has 2 rings (SSSR count). The third-order valence-electron chi connectivity index (χ3n) is 3.94. The van der Waals surface area contributed by atoms with Gasteiger partial charge in [-0.1, -0.05) is 11.6 Å². The number of halogens is 1. The summed E-state index contributed by atoms with van der Waals surface area (Å²) in [4.78, 5) is 0. The molecule has 2 unspecified atom stereocenters. The van der Waals surface area contributed by atoms with Crippen molar-refractivity contribution in [3.63, 3.8) is 0 Å². The predicted molar refractivity (Wildman–Crippen MR) is 77.7 cm³/mol. The van der Waals surface area contributed by atoms with Crippen LogP contribution in [0.3, 0.4) is 0 Å². The lowest BCUT2D eigenvalue weighted by molar-refractivity contribution is 0.181. The fourth-order valence-corrected chi connectivity index (χ4v) is 2.98. The Labute approximate surface area is 120 Å². The van der Waals surface area contributed by atoms with E-state index in [0.29, 0.717) is 12.0 Å². The molecule has 1 aromatic rings. The fraction of sp³-hybridized carbons (Fsp3) is 0.786. The predicted octanol–water partition coefficient (Wildman–Crippen LogP) is 2.42. The lowest BCUT2D eigenvalue weighted by Gasteiger charge is -2.20. The molecule has 0 spiro atoms. The quantitative estimate of drug-likeness (QED) is 0.872. The van der Waals surface area contributed by atoms with Gasteiger partial charge >= 0.3 is 0 Å². The Balaban J connectivity index is 2.04. The van der Waals surface area contributed by atoms with Gasteiger partial charge in [0.25, 0.3) is 0 Å². The maximum Gasteiger partial charge on any atom is 0.0847 e. The van der Waals surface area contributed by atoms with Gasteiger partial charge in [-0.2, -0.15) is 5.10 Å². The van der Waals surface area contributed by atoms with Gasteiger partial charge in [0.1, 0.15) is 0 Å². The van der Waals surface area contributed by atoms with Crippen molar-refractivity contribution in [2.24, 2.45) is 5.92 Å². The van der Waals surface area contributed by atoms with E-state index < -0.39 is 0 Å². The summed E-state index contributed by atoms with van der Waals surface area (Å²) in [5.74, 6) is 0.676. The summed E-state index contributed by atoms with van der Waals surface area (Å²) in [7, 11) is 2.02. The standard InChI is InChI=1S/C14H24ClN3O/c1-4-18-13(14(15)10(2)17-18)8-12(16-3)7-11-5-6-19-9-11/h11-12,16H,4-9H2,1-3H3. The lowest BCUT2D eigenvalue weighted by atomic mass is 9.96. The number of hydrogen-bond donors (Lipinski definition) is 1. The number of ether oxygens (including phenoxy) is 1. The third-order valence-corrected chi connectivity index (χ3v) is 4.43. The molecular weight excluding hydrogens is 262 g/mol. The number of rotatable bonds is 6. The molecule has 0 radical (unpaired) electrons. The second kappa shape index (κ2) is 6.73. The Morgan fingerprint density at radius 1 is 1.58 bits per heavy atom. The van der Waals surface area contributed by atoms with E-state index in [1.54, 1.807) is 0 Å². The molecule has 1 N–H and O–H groups in total. The molecule has 1 saturated heterocycles. The number of aromatic nitrogens is 2. The van der Waals surface area contributed by atoms with Gasteiger partial charge in [-0.05, 0) is 39.7 Å². The van der Waals surface area contributed by atoms with Crippen molar-refractivity contribution in [3.05, 3.63) is 16.4 Å². The maximum absolute atomic E-state index is 6.37. The van der Waals surface area contributed by atoms with Crippen molar-refractivity contribution in [2.45, 2.75) is 45.7 Å². The van der Waals surface area contributed by atoms with Crippen LogP contribution in [0.1, 0.15) is 31.2 Å². The van der Waals surface area contributed by atoms with Crippen LogP contribution in [-0.2, 0) is 17.7 Å². The molecule has 4 nitrogen and oxygen atoms in total. The van der Waals surface area contributed by atoms with Crippen molar-refractivity contribution in [2.75, 3.05) is 20.3 Å². The molecule has 2 atom stereocenters. The summed E-state index contributed by atoms with van der Waals surface area (Å²) < 4.78 is 7.48. The zero-order chi connectivity index (χ0) is 13.8. The first-order valence-electron chi connectivity index (χ1n) is 7.12. The Kier molecular flexibility index (Phi) is 5.25. The Hall–Kier alpha value is -0.580. The topological polar surface area (TPSA) is 39.1 Å². The average Bonchev–Trinajstić information content (AvgIpc) is 3.01. The smallest absolute Gasteiger partial charge is 0.0847 e. The van der Waals surface area contributed by atoms with Crippen LogP contribution in [0.5, 0.6) is 0 Å². The molecule has 0 aromatic carbocycles. The van der Waals surface area contributed by atoms with E-state index in [4.69, 9.17) is 16.3 Å². The van der Waals surface area contributed by atoms with Crippen LogP contribution < -0.4 is 5.32 Å². The van der Waals surface area contributed by atoms with Gasteiger partial charge < -0.3 is 10.1 Å². The summed E-state index contributed by atoms with van der Waals surface area (Å²) >= 11 is 6.37. The molecular formula is C14H24ClN3O. The van der Waals surface area contributed by atoms with Gasteiger partial charge in [-0.15, -0.1) is 0 Å². The van der Waals surface area contributed by atoms with Gasteiger partial charge in [0.2, 0.25) is 0 Å². The molecule has 1 aromatic heterocycles. The molecule has 0 bridgehead atoms. The van der Waals surface area contributed by atoms with Gasteiger partial charge in [0.15, 0.2) is 0 Å². The van der Waals surface area contributed by atoms with Crippen molar-refractivity contribution in [1.82, 2.24) is 15.1 Å². The van der Waals surface area contributed by atoms with Gasteiger partial charge in [0, 0.05) is 32.2 Å². The minimum absolute atomic E-state index is 0.436. The maximum atomic E-state index is 6.37. The third kappa shape index (κ3) is 3.50. The highest BCUT2D eigenvalue weighted by molar-refractivity contribution is 6.31. The van der Waals surface area contributed by atoms with Crippen LogP contribution in [0.15, 0.2) is 0 Å². The molecule has 5 heteroatoms. The van der Waals surface area contributed by atoms with E-state index in [0.717, 1.165) is 49.0 Å². The van der Waals surface area contributed by atoms with Crippen molar-refractivity contribution < 1.29 is 4.74 Å². The van der Waals surface area contributed by atoms with Gasteiger partial charge in [-0.25, -0.2) is 0 Å². The minimum Gasteiger partial charge on any atom is -0.381 e. The number of nitrogens with zero attached hydrogens (tertiary/aromatic N) is 2. The Morgan fingerprint density at radius 2 is 2.37 bits per heavy atom. The van der Waals surface area contributed by atoms with Crippen molar-refractivity contribution in [1.29, 1.82) is 0 Å². The SMILES string of the molecule is CCn1nc(C)c(Cl)c1CC(CC1CCOC1)NC. The second-order valence-electron chi connectivity index (χ2n) is 5.32. The van der Waals surface area contributed by atoms with Crippen LogP contribution in [0.25, 0.3) is 0 Å². The summed E-state index contributed by atoms with van der Waals surface area (Å²) in [6.45, 7) is 6.75. The van der Waals surface area contributed by atoms with E-state index in [1.165, 1.54) is 6.42 Å². The highest BCUT2D eigenvalue weighted by Gasteiger charge is 2.22. The molecule has 2 heterocycles. The molecule has 0 amide bonds. The Bertz CT molecular complexity index is 413. The first kappa shape index (κ1) is 14.8. The fourth-order valence-electron chi connectivity index (χ4n) is 2.77. The van der Waals surface area contributed by atoms with Crippen LogP contribution in [0.4, 0.5) is 0 Å². The zero-order valence-electron chi connectivity index (χ0n) is 12.1. The van der Waals surface area contributed by atoms with Gasteiger partial charge in [0.05, 0.1) is 16.4 Å². The summed E-state index contributed by atoms with van der Waals surface area (Å²) in [6.07, 6.45) is 3.25. The largest absolute Gasteiger partial charge is 0.381 e. The van der Waals surface area contributed by atoms with E-state index in [2.05, 4.69) is 17.3 Å². The number of aryl methyl sites for hydroxylation is 2. The lowest BCUT2D eigenvalue weighted by Crippen LogP contribution is -2.31. The van der Waals surface area contributed by atoms with E-state index in [1.807, 2.05) is 18.7 Å². The Morgan fingerprint density at radius 3 is 2.95 bits per heavy atom. The first-order valence-corrected chi connectivity index (χ1v) is 7.50. The molecule has 0 saturated carbocycles. The second-order valence-corrected chi connectivity index (χ2v) is 5.69. The summed E-state index contributed by atoms with van der Waals surface area (Å²) in [5.41, 5.74) is 2.08. The first-order chi connectivity index (χ1) is 9.15. The summed E-state index contributed by atoms with van der Waals surface area (Å²) in [6, 6.07) is 0.436. The zero-order valence-corrected chi connectivity index (χ0v) is 12.8. The molecule has 1 aliphatic rings. The summed E-state index contributed by atoms with van der Waals surface area (Å²) in [5, 5.41) is 8.71. The van der Waals surface area contributed by atoms with E-state index in [9.17, 15) is 0 Å². The van der Waals surface area contributed by atoms with Crippen LogP contribution in [0, 0.1) is 12.8 Å². The van der Waals surface area contributed by atoms with Gasteiger partial charge in [-0.3, -0.25) is 4.68 Å². The number of nitrogens with one attached hydrogen (secondary N) is 1. The van der Waals surface area contributed by atoms with Crippen LogP contribution in [0.2, 0.25) is 5.02 Å². The van der Waals surface area contributed by atoms with Crippen molar-refractivity contribution in [3.8, 4) is 0 Å². The van der Waals surface area contributed by atoms with E-state index in [-0.39, 0.29) is 0 Å². The van der Waals surface area contributed by atoms with Crippen LogP contribution in [-0.4, -0.2) is 36.1 Å².